The number of nitrogens with one attached hydrogen (secondary N) is 2. The fourth-order valence-corrected chi connectivity index (χ4v) is 3.29. The zero-order valence-corrected chi connectivity index (χ0v) is 14.7. The second kappa shape index (κ2) is 8.88. The van der Waals surface area contributed by atoms with Crippen LogP contribution in [0.3, 0.4) is 0 Å². The van der Waals surface area contributed by atoms with Gasteiger partial charge in [-0.15, -0.1) is 0 Å². The lowest BCUT2D eigenvalue weighted by Crippen LogP contribution is -2.27. The first kappa shape index (κ1) is 19.4. The summed E-state index contributed by atoms with van der Waals surface area (Å²) in [7, 11) is -3.76. The summed E-state index contributed by atoms with van der Waals surface area (Å²) < 4.78 is 27.6. The highest BCUT2D eigenvalue weighted by molar-refractivity contribution is 7.89. The van der Waals surface area contributed by atoms with E-state index in [0.717, 1.165) is 25.7 Å². The van der Waals surface area contributed by atoms with Crippen LogP contribution in [0.2, 0.25) is 0 Å². The van der Waals surface area contributed by atoms with Crippen LogP contribution in [0, 0.1) is 0 Å². The molecule has 130 valence electrons. The summed E-state index contributed by atoms with van der Waals surface area (Å²) in [6.45, 7) is 6.31. The van der Waals surface area contributed by atoms with Crippen molar-refractivity contribution in [3.05, 3.63) is 23.8 Å². The second-order valence-electron chi connectivity index (χ2n) is 5.57. The molecule has 0 radical (unpaired) electrons. The number of rotatable bonds is 10. The number of benzene rings is 1. The Morgan fingerprint density at radius 2 is 1.96 bits per heavy atom. The van der Waals surface area contributed by atoms with Gasteiger partial charge in [0.15, 0.2) is 0 Å². The fraction of sp³-hybridized carbons (Fsp3) is 0.562. The first-order valence-electron chi connectivity index (χ1n) is 7.95. The third kappa shape index (κ3) is 5.84. The molecular formula is C16H26N2O4S. The largest absolute Gasteiger partial charge is 0.478 e. The normalized spacial score (nSPS) is 12.8. The fourth-order valence-electron chi connectivity index (χ4n) is 2.02. The number of hydrogen-bond donors (Lipinski definition) is 3. The van der Waals surface area contributed by atoms with Crippen LogP contribution >= 0.6 is 0 Å². The van der Waals surface area contributed by atoms with Gasteiger partial charge in [-0.1, -0.05) is 26.7 Å². The summed E-state index contributed by atoms with van der Waals surface area (Å²) in [5.41, 5.74) is 0.376. The average Bonchev–Trinajstić information content (AvgIpc) is 2.51. The standard InChI is InChI=1S/C16H26N2O4S/c1-4-6-7-10-17-23(21,22)15-11-13(16(19)20)8-9-14(15)18-12(3)5-2/h8-9,11-12,17-18H,4-7,10H2,1-3H3,(H,19,20)/t12-/m0/s1. The van der Waals surface area contributed by atoms with E-state index in [2.05, 4.69) is 10.0 Å². The summed E-state index contributed by atoms with van der Waals surface area (Å²) >= 11 is 0. The lowest BCUT2D eigenvalue weighted by molar-refractivity contribution is 0.0696. The Hall–Kier alpha value is -1.60. The van der Waals surface area contributed by atoms with Gasteiger partial charge in [0.2, 0.25) is 10.0 Å². The lowest BCUT2D eigenvalue weighted by atomic mass is 10.2. The maximum atomic E-state index is 12.5. The summed E-state index contributed by atoms with van der Waals surface area (Å²) in [6.07, 6.45) is 3.51. The molecule has 0 spiro atoms. The molecule has 1 rings (SSSR count). The Morgan fingerprint density at radius 3 is 2.52 bits per heavy atom. The Labute approximate surface area is 138 Å². The molecule has 0 heterocycles. The molecule has 0 unspecified atom stereocenters. The van der Waals surface area contributed by atoms with Crippen molar-refractivity contribution in [3.8, 4) is 0 Å². The molecular weight excluding hydrogens is 316 g/mol. The van der Waals surface area contributed by atoms with E-state index in [1.165, 1.54) is 18.2 Å². The van der Waals surface area contributed by atoms with E-state index in [4.69, 9.17) is 5.11 Å². The Bertz CT molecular complexity index is 629. The number of hydrogen-bond acceptors (Lipinski definition) is 4. The van der Waals surface area contributed by atoms with Crippen LogP contribution in [0.5, 0.6) is 0 Å². The van der Waals surface area contributed by atoms with Gasteiger partial charge in [0.05, 0.1) is 11.3 Å². The number of carbonyl (C=O) groups is 1. The van der Waals surface area contributed by atoms with E-state index in [-0.39, 0.29) is 16.5 Å². The third-order valence-corrected chi connectivity index (χ3v) is 5.11. The highest BCUT2D eigenvalue weighted by Crippen LogP contribution is 2.24. The Kier molecular flexibility index (Phi) is 7.51. The first-order valence-corrected chi connectivity index (χ1v) is 9.43. The van der Waals surface area contributed by atoms with E-state index in [0.29, 0.717) is 12.2 Å². The van der Waals surface area contributed by atoms with Gasteiger partial charge >= 0.3 is 5.97 Å². The summed E-state index contributed by atoms with van der Waals surface area (Å²) in [4.78, 5) is 11.1. The number of sulfonamides is 1. The van der Waals surface area contributed by atoms with Gasteiger partial charge in [0, 0.05) is 12.6 Å². The van der Waals surface area contributed by atoms with Crippen LogP contribution in [-0.4, -0.2) is 32.1 Å². The van der Waals surface area contributed by atoms with Crippen molar-refractivity contribution < 1.29 is 18.3 Å². The molecule has 0 saturated heterocycles. The van der Waals surface area contributed by atoms with Gasteiger partial charge in [-0.25, -0.2) is 17.9 Å². The predicted octanol–water partition coefficient (Wildman–Crippen LogP) is 3.06. The van der Waals surface area contributed by atoms with Gasteiger partial charge in [-0.2, -0.15) is 0 Å². The third-order valence-electron chi connectivity index (χ3n) is 3.60. The minimum Gasteiger partial charge on any atom is -0.478 e. The quantitative estimate of drug-likeness (QED) is 0.568. The SMILES string of the molecule is CCCCCNS(=O)(=O)c1cc(C(=O)O)ccc1N[C@@H](C)CC. The number of carboxylic acids is 1. The summed E-state index contributed by atoms with van der Waals surface area (Å²) in [5.74, 6) is -1.15. The minimum absolute atomic E-state index is 0.0193. The molecule has 0 saturated carbocycles. The number of anilines is 1. The Morgan fingerprint density at radius 1 is 1.26 bits per heavy atom. The van der Waals surface area contributed by atoms with Crippen molar-refractivity contribution in [3.63, 3.8) is 0 Å². The second-order valence-corrected chi connectivity index (χ2v) is 7.31. The molecule has 1 atom stereocenters. The molecule has 0 aliphatic rings. The Balaban J connectivity index is 3.12. The first-order chi connectivity index (χ1) is 10.8. The maximum absolute atomic E-state index is 12.5. The van der Waals surface area contributed by atoms with Crippen molar-refractivity contribution >= 4 is 21.7 Å². The van der Waals surface area contributed by atoms with Gasteiger partial charge in [0.25, 0.3) is 0 Å². The van der Waals surface area contributed by atoms with Crippen molar-refractivity contribution in [1.82, 2.24) is 4.72 Å². The highest BCUT2D eigenvalue weighted by atomic mass is 32.2. The topological polar surface area (TPSA) is 95.5 Å². The molecule has 0 aliphatic carbocycles. The van der Waals surface area contributed by atoms with Crippen molar-refractivity contribution in [1.29, 1.82) is 0 Å². The average molecular weight is 342 g/mol. The van der Waals surface area contributed by atoms with Crippen LogP contribution in [0.15, 0.2) is 23.1 Å². The van der Waals surface area contributed by atoms with E-state index in [1.807, 2.05) is 20.8 Å². The van der Waals surface area contributed by atoms with E-state index in [1.54, 1.807) is 0 Å². The molecule has 23 heavy (non-hydrogen) atoms. The molecule has 0 bridgehead atoms. The number of aromatic carboxylic acids is 1. The molecule has 6 nitrogen and oxygen atoms in total. The molecule has 1 aromatic carbocycles. The molecule has 3 N–H and O–H groups in total. The van der Waals surface area contributed by atoms with Crippen molar-refractivity contribution in [2.24, 2.45) is 0 Å². The van der Waals surface area contributed by atoms with Gasteiger partial charge in [-0.3, -0.25) is 0 Å². The van der Waals surface area contributed by atoms with Gasteiger partial charge in [0.1, 0.15) is 4.90 Å². The predicted molar refractivity (Wildman–Crippen MR) is 91.5 cm³/mol. The highest BCUT2D eigenvalue weighted by Gasteiger charge is 2.21. The van der Waals surface area contributed by atoms with Crippen molar-refractivity contribution in [2.45, 2.75) is 57.4 Å². The molecule has 0 fully saturated rings. The van der Waals surface area contributed by atoms with Crippen LogP contribution in [0.1, 0.15) is 56.8 Å². The number of unbranched alkanes of at least 4 members (excludes halogenated alkanes) is 2. The number of carboxylic acid groups (broad SMARTS) is 1. The molecule has 0 amide bonds. The monoisotopic (exact) mass is 342 g/mol. The lowest BCUT2D eigenvalue weighted by Gasteiger charge is -2.17. The molecule has 0 aromatic heterocycles. The summed E-state index contributed by atoms with van der Waals surface area (Å²) in [5, 5.41) is 12.2. The van der Waals surface area contributed by atoms with Gasteiger partial charge < -0.3 is 10.4 Å². The van der Waals surface area contributed by atoms with E-state index >= 15 is 0 Å². The van der Waals surface area contributed by atoms with E-state index in [9.17, 15) is 13.2 Å². The van der Waals surface area contributed by atoms with E-state index < -0.39 is 16.0 Å². The van der Waals surface area contributed by atoms with Crippen LogP contribution < -0.4 is 10.0 Å². The summed E-state index contributed by atoms with van der Waals surface area (Å²) in [6, 6.07) is 4.20. The smallest absolute Gasteiger partial charge is 0.335 e. The van der Waals surface area contributed by atoms with Crippen LogP contribution in [0.4, 0.5) is 5.69 Å². The zero-order chi connectivity index (χ0) is 17.5. The van der Waals surface area contributed by atoms with Crippen LogP contribution in [0.25, 0.3) is 0 Å². The minimum atomic E-state index is -3.76. The van der Waals surface area contributed by atoms with Crippen molar-refractivity contribution in [2.75, 3.05) is 11.9 Å². The maximum Gasteiger partial charge on any atom is 0.335 e. The molecule has 7 heteroatoms. The molecule has 0 aliphatic heterocycles. The van der Waals surface area contributed by atoms with Crippen LogP contribution in [-0.2, 0) is 10.0 Å². The molecule has 1 aromatic rings. The zero-order valence-electron chi connectivity index (χ0n) is 13.9. The van der Waals surface area contributed by atoms with Gasteiger partial charge in [-0.05, 0) is 38.0 Å².